The smallest absolute Gasteiger partial charge is 0.157 e. The molecule has 0 saturated heterocycles. The van der Waals surface area contributed by atoms with Crippen molar-refractivity contribution in [2.24, 2.45) is 0 Å². The molecule has 1 fully saturated rings. The molecule has 1 aromatic carbocycles. The summed E-state index contributed by atoms with van der Waals surface area (Å²) >= 11 is 0. The van der Waals surface area contributed by atoms with E-state index in [0.717, 1.165) is 18.4 Å². The zero-order chi connectivity index (χ0) is 9.31. The summed E-state index contributed by atoms with van der Waals surface area (Å²) in [5.74, 6) is 0.207. The summed E-state index contributed by atoms with van der Waals surface area (Å²) in [5, 5.41) is -0.0484. The van der Waals surface area contributed by atoms with Crippen LogP contribution in [0.3, 0.4) is 0 Å². The van der Waals surface area contributed by atoms with Gasteiger partial charge in [-0.15, -0.1) is 0 Å². The minimum Gasteiger partial charge on any atom is -0.228 e. The minimum absolute atomic E-state index is 0.0484. The van der Waals surface area contributed by atoms with Gasteiger partial charge in [0.2, 0.25) is 0 Å². The zero-order valence-electron chi connectivity index (χ0n) is 7.31. The standard InChI is InChI=1S/C10H12O2S/c11-13(12,10-6-7-10)8-9-4-2-1-3-5-9/h1-5,10H,6-8H2. The average molecular weight is 196 g/mol. The Morgan fingerprint density at radius 1 is 1.15 bits per heavy atom. The van der Waals surface area contributed by atoms with Crippen molar-refractivity contribution >= 4 is 9.84 Å². The lowest BCUT2D eigenvalue weighted by molar-refractivity contribution is 0.594. The Balaban J connectivity index is 2.14. The second-order valence-electron chi connectivity index (χ2n) is 3.49. The lowest BCUT2D eigenvalue weighted by Crippen LogP contribution is -2.09. The van der Waals surface area contributed by atoms with E-state index in [1.807, 2.05) is 30.3 Å². The molecule has 1 aromatic rings. The highest BCUT2D eigenvalue weighted by molar-refractivity contribution is 7.91. The quantitative estimate of drug-likeness (QED) is 0.738. The number of hydrogen-bond acceptors (Lipinski definition) is 2. The molecule has 0 bridgehead atoms. The van der Waals surface area contributed by atoms with Gasteiger partial charge in [-0.2, -0.15) is 0 Å². The van der Waals surface area contributed by atoms with Crippen LogP contribution in [0.2, 0.25) is 0 Å². The van der Waals surface area contributed by atoms with Crippen LogP contribution in [0, 0.1) is 0 Å². The maximum atomic E-state index is 11.6. The van der Waals surface area contributed by atoms with Crippen LogP contribution < -0.4 is 0 Å². The molecular formula is C10H12O2S. The van der Waals surface area contributed by atoms with Gasteiger partial charge in [-0.1, -0.05) is 30.3 Å². The van der Waals surface area contributed by atoms with Crippen LogP contribution in [0.15, 0.2) is 30.3 Å². The fraction of sp³-hybridized carbons (Fsp3) is 0.400. The normalized spacial score (nSPS) is 17.2. The topological polar surface area (TPSA) is 34.1 Å². The second kappa shape index (κ2) is 3.14. The van der Waals surface area contributed by atoms with Crippen LogP contribution in [-0.4, -0.2) is 13.7 Å². The van der Waals surface area contributed by atoms with Gasteiger partial charge in [-0.3, -0.25) is 0 Å². The summed E-state index contributed by atoms with van der Waals surface area (Å²) in [6.45, 7) is 0. The molecule has 0 unspecified atom stereocenters. The molecule has 0 spiro atoms. The molecular weight excluding hydrogens is 184 g/mol. The molecule has 1 aliphatic rings. The summed E-state index contributed by atoms with van der Waals surface area (Å²) in [7, 11) is -2.84. The molecule has 13 heavy (non-hydrogen) atoms. The lowest BCUT2D eigenvalue weighted by atomic mass is 10.2. The van der Waals surface area contributed by atoms with Gasteiger partial charge in [0.05, 0.1) is 11.0 Å². The third-order valence-corrected chi connectivity index (χ3v) is 4.47. The van der Waals surface area contributed by atoms with Gasteiger partial charge >= 0.3 is 0 Å². The van der Waals surface area contributed by atoms with Crippen LogP contribution in [0.25, 0.3) is 0 Å². The van der Waals surface area contributed by atoms with E-state index in [9.17, 15) is 8.42 Å². The van der Waals surface area contributed by atoms with Crippen molar-refractivity contribution in [3.8, 4) is 0 Å². The van der Waals surface area contributed by atoms with Crippen LogP contribution in [0.5, 0.6) is 0 Å². The monoisotopic (exact) mass is 196 g/mol. The zero-order valence-corrected chi connectivity index (χ0v) is 8.13. The first kappa shape index (κ1) is 8.75. The van der Waals surface area contributed by atoms with Gasteiger partial charge in [0, 0.05) is 0 Å². The van der Waals surface area contributed by atoms with Gasteiger partial charge in [-0.25, -0.2) is 8.42 Å². The Morgan fingerprint density at radius 3 is 2.31 bits per heavy atom. The molecule has 2 nitrogen and oxygen atoms in total. The largest absolute Gasteiger partial charge is 0.228 e. The van der Waals surface area contributed by atoms with E-state index in [2.05, 4.69) is 0 Å². The van der Waals surface area contributed by atoms with Crippen molar-refractivity contribution in [2.45, 2.75) is 23.8 Å². The van der Waals surface area contributed by atoms with Crippen molar-refractivity contribution in [2.75, 3.05) is 0 Å². The summed E-state index contributed by atoms with van der Waals surface area (Å²) in [6.07, 6.45) is 1.71. The van der Waals surface area contributed by atoms with E-state index in [1.54, 1.807) is 0 Å². The predicted molar refractivity (Wildman–Crippen MR) is 52.1 cm³/mol. The van der Waals surface area contributed by atoms with Gasteiger partial charge in [0.15, 0.2) is 9.84 Å². The summed E-state index contributed by atoms with van der Waals surface area (Å²) in [5.41, 5.74) is 0.898. The molecule has 0 aliphatic heterocycles. The predicted octanol–water partition coefficient (Wildman–Crippen LogP) is 1.76. The molecule has 1 aliphatic carbocycles. The molecule has 1 saturated carbocycles. The Kier molecular flexibility index (Phi) is 2.12. The molecule has 3 heteroatoms. The Bertz CT molecular complexity index is 377. The molecule has 0 heterocycles. The van der Waals surface area contributed by atoms with E-state index in [0.29, 0.717) is 0 Å². The Morgan fingerprint density at radius 2 is 1.77 bits per heavy atom. The number of hydrogen-bond donors (Lipinski definition) is 0. The van der Waals surface area contributed by atoms with E-state index < -0.39 is 9.84 Å². The third kappa shape index (κ3) is 2.10. The van der Waals surface area contributed by atoms with Crippen molar-refractivity contribution < 1.29 is 8.42 Å². The Hall–Kier alpha value is -0.830. The highest BCUT2D eigenvalue weighted by Crippen LogP contribution is 2.30. The Labute approximate surface area is 78.5 Å². The first-order chi connectivity index (χ1) is 6.18. The maximum absolute atomic E-state index is 11.6. The molecule has 0 N–H and O–H groups in total. The van der Waals surface area contributed by atoms with E-state index >= 15 is 0 Å². The van der Waals surface area contributed by atoms with Gasteiger partial charge in [-0.05, 0) is 18.4 Å². The van der Waals surface area contributed by atoms with E-state index in [1.165, 1.54) is 0 Å². The van der Waals surface area contributed by atoms with Crippen LogP contribution in [0.4, 0.5) is 0 Å². The van der Waals surface area contributed by atoms with Gasteiger partial charge < -0.3 is 0 Å². The van der Waals surface area contributed by atoms with Crippen molar-refractivity contribution in [1.29, 1.82) is 0 Å². The van der Waals surface area contributed by atoms with E-state index in [4.69, 9.17) is 0 Å². The van der Waals surface area contributed by atoms with Crippen molar-refractivity contribution in [3.05, 3.63) is 35.9 Å². The molecule has 70 valence electrons. The fourth-order valence-corrected chi connectivity index (χ4v) is 3.10. The minimum atomic E-state index is -2.84. The van der Waals surface area contributed by atoms with Crippen LogP contribution in [0.1, 0.15) is 18.4 Å². The molecule has 0 amide bonds. The number of benzene rings is 1. The summed E-state index contributed by atoms with van der Waals surface area (Å²) in [6, 6.07) is 9.36. The molecule has 0 aromatic heterocycles. The molecule has 0 radical (unpaired) electrons. The molecule has 2 rings (SSSR count). The average Bonchev–Trinajstić information content (AvgIpc) is 2.87. The number of sulfone groups is 1. The molecule has 0 atom stereocenters. The second-order valence-corrected chi connectivity index (χ2v) is 5.77. The van der Waals surface area contributed by atoms with Crippen LogP contribution in [-0.2, 0) is 15.6 Å². The van der Waals surface area contributed by atoms with Crippen molar-refractivity contribution in [3.63, 3.8) is 0 Å². The summed E-state index contributed by atoms with van der Waals surface area (Å²) in [4.78, 5) is 0. The number of rotatable bonds is 3. The fourth-order valence-electron chi connectivity index (χ4n) is 1.35. The van der Waals surface area contributed by atoms with E-state index in [-0.39, 0.29) is 11.0 Å². The van der Waals surface area contributed by atoms with Crippen LogP contribution >= 0.6 is 0 Å². The maximum Gasteiger partial charge on any atom is 0.157 e. The third-order valence-electron chi connectivity index (χ3n) is 2.24. The highest BCUT2D eigenvalue weighted by Gasteiger charge is 2.35. The van der Waals surface area contributed by atoms with Crippen molar-refractivity contribution in [1.82, 2.24) is 0 Å². The summed E-state index contributed by atoms with van der Waals surface area (Å²) < 4.78 is 23.1. The lowest BCUT2D eigenvalue weighted by Gasteiger charge is -2.01. The highest BCUT2D eigenvalue weighted by atomic mass is 32.2. The SMILES string of the molecule is O=S(=O)(Cc1ccccc1)C1CC1. The first-order valence-electron chi connectivity index (χ1n) is 4.44. The van der Waals surface area contributed by atoms with Gasteiger partial charge in [0.1, 0.15) is 0 Å². The van der Waals surface area contributed by atoms with Gasteiger partial charge in [0.25, 0.3) is 0 Å². The first-order valence-corrected chi connectivity index (χ1v) is 6.15.